The Balaban J connectivity index is 1.67. The van der Waals surface area contributed by atoms with Gasteiger partial charge >= 0.3 is 5.97 Å². The van der Waals surface area contributed by atoms with Crippen LogP contribution in [0.4, 0.5) is 0 Å². The predicted molar refractivity (Wildman–Crippen MR) is 95.1 cm³/mol. The Kier molecular flexibility index (Phi) is 7.80. The summed E-state index contributed by atoms with van der Waals surface area (Å²) >= 11 is 0. The van der Waals surface area contributed by atoms with Crippen molar-refractivity contribution in [2.24, 2.45) is 0 Å². The van der Waals surface area contributed by atoms with Crippen LogP contribution in [0, 0.1) is 0 Å². The standard InChI is InChI=1S/C20H29NO3/c1-24-19(22)10-6-3-7-15-21-20(23)18-13-11-17(12-14-18)16-8-4-2-5-9-16/h11-14,16H,2-10,15H2,1H3,(H,21,23). The van der Waals surface area contributed by atoms with Crippen molar-refractivity contribution in [2.75, 3.05) is 13.7 Å². The number of rotatable bonds is 8. The molecule has 1 amide bonds. The summed E-state index contributed by atoms with van der Waals surface area (Å²) in [6.07, 6.45) is 9.60. The number of unbranched alkanes of at least 4 members (excludes halogenated alkanes) is 2. The van der Waals surface area contributed by atoms with Gasteiger partial charge in [-0.15, -0.1) is 0 Å². The monoisotopic (exact) mass is 331 g/mol. The Labute approximate surface area is 145 Å². The van der Waals surface area contributed by atoms with E-state index in [4.69, 9.17) is 0 Å². The maximum Gasteiger partial charge on any atom is 0.305 e. The van der Waals surface area contributed by atoms with Gasteiger partial charge in [0, 0.05) is 18.5 Å². The quantitative estimate of drug-likeness (QED) is 0.574. The van der Waals surface area contributed by atoms with E-state index in [9.17, 15) is 9.59 Å². The first-order chi connectivity index (χ1) is 11.7. The van der Waals surface area contributed by atoms with E-state index in [-0.39, 0.29) is 11.9 Å². The number of amides is 1. The number of ether oxygens (including phenoxy) is 1. The average molecular weight is 331 g/mol. The van der Waals surface area contributed by atoms with Crippen molar-refractivity contribution in [2.45, 2.75) is 63.7 Å². The SMILES string of the molecule is COC(=O)CCCCCNC(=O)c1ccc(C2CCCCC2)cc1. The van der Waals surface area contributed by atoms with E-state index >= 15 is 0 Å². The van der Waals surface area contributed by atoms with Crippen LogP contribution in [-0.2, 0) is 9.53 Å². The highest BCUT2D eigenvalue weighted by atomic mass is 16.5. The molecule has 1 aromatic carbocycles. The maximum absolute atomic E-state index is 12.1. The van der Waals surface area contributed by atoms with Crippen LogP contribution in [0.15, 0.2) is 24.3 Å². The highest BCUT2D eigenvalue weighted by Gasteiger charge is 2.15. The second kappa shape index (κ2) is 10.1. The largest absolute Gasteiger partial charge is 0.469 e. The first-order valence-corrected chi connectivity index (χ1v) is 9.15. The van der Waals surface area contributed by atoms with E-state index in [0.717, 1.165) is 24.8 Å². The minimum absolute atomic E-state index is 0.0156. The second-order valence-electron chi connectivity index (χ2n) is 6.60. The summed E-state index contributed by atoms with van der Waals surface area (Å²) in [5.74, 6) is 0.487. The van der Waals surface area contributed by atoms with Crippen LogP contribution in [0.3, 0.4) is 0 Å². The van der Waals surface area contributed by atoms with Gasteiger partial charge in [0.2, 0.25) is 0 Å². The van der Waals surface area contributed by atoms with Crippen molar-refractivity contribution in [3.63, 3.8) is 0 Å². The van der Waals surface area contributed by atoms with Gasteiger partial charge in [-0.25, -0.2) is 0 Å². The van der Waals surface area contributed by atoms with E-state index in [1.807, 2.05) is 12.1 Å². The Hall–Kier alpha value is -1.84. The molecule has 24 heavy (non-hydrogen) atoms. The lowest BCUT2D eigenvalue weighted by atomic mass is 9.84. The normalized spacial score (nSPS) is 15.0. The molecule has 2 rings (SSSR count). The van der Waals surface area contributed by atoms with Crippen molar-refractivity contribution >= 4 is 11.9 Å². The van der Waals surface area contributed by atoms with Gasteiger partial charge < -0.3 is 10.1 Å². The lowest BCUT2D eigenvalue weighted by Crippen LogP contribution is -2.24. The molecule has 1 aromatic rings. The number of hydrogen-bond acceptors (Lipinski definition) is 3. The van der Waals surface area contributed by atoms with Crippen LogP contribution in [0.1, 0.15) is 79.6 Å². The first-order valence-electron chi connectivity index (χ1n) is 9.15. The lowest BCUT2D eigenvalue weighted by Gasteiger charge is -2.22. The molecule has 0 radical (unpaired) electrons. The van der Waals surface area contributed by atoms with Crippen LogP contribution in [0.25, 0.3) is 0 Å². The zero-order valence-electron chi connectivity index (χ0n) is 14.7. The van der Waals surface area contributed by atoms with Gasteiger partial charge in [-0.2, -0.15) is 0 Å². The zero-order valence-corrected chi connectivity index (χ0v) is 14.7. The third-order valence-electron chi connectivity index (χ3n) is 4.82. The van der Waals surface area contributed by atoms with E-state index in [1.165, 1.54) is 44.8 Å². The predicted octanol–water partition coefficient (Wildman–Crippen LogP) is 4.20. The molecular weight excluding hydrogens is 302 g/mol. The van der Waals surface area contributed by atoms with Gasteiger partial charge in [-0.05, 0) is 49.3 Å². The molecule has 0 aromatic heterocycles. The average Bonchev–Trinajstić information content (AvgIpc) is 2.65. The number of esters is 1. The molecule has 1 aliphatic carbocycles. The molecule has 0 heterocycles. The molecule has 1 N–H and O–H groups in total. The summed E-state index contributed by atoms with van der Waals surface area (Å²) in [5.41, 5.74) is 2.10. The molecular formula is C20H29NO3. The van der Waals surface area contributed by atoms with Gasteiger partial charge in [0.05, 0.1) is 7.11 Å². The Morgan fingerprint density at radius 3 is 2.42 bits per heavy atom. The van der Waals surface area contributed by atoms with Gasteiger partial charge in [0.1, 0.15) is 0 Å². The number of hydrogen-bond donors (Lipinski definition) is 1. The van der Waals surface area contributed by atoms with E-state index in [2.05, 4.69) is 22.2 Å². The van der Waals surface area contributed by atoms with Gasteiger partial charge in [0.25, 0.3) is 5.91 Å². The number of nitrogens with one attached hydrogen (secondary N) is 1. The van der Waals surface area contributed by atoms with Crippen LogP contribution in [0.2, 0.25) is 0 Å². The minimum atomic E-state index is -0.169. The van der Waals surface area contributed by atoms with E-state index < -0.39 is 0 Å². The van der Waals surface area contributed by atoms with Gasteiger partial charge in [-0.3, -0.25) is 9.59 Å². The summed E-state index contributed by atoms with van der Waals surface area (Å²) in [7, 11) is 1.40. The molecule has 0 aliphatic heterocycles. The Morgan fingerprint density at radius 1 is 1.04 bits per heavy atom. The summed E-state index contributed by atoms with van der Waals surface area (Å²) in [5, 5.41) is 2.94. The molecule has 0 spiro atoms. The van der Waals surface area contributed by atoms with E-state index in [1.54, 1.807) is 0 Å². The van der Waals surface area contributed by atoms with Crippen molar-refractivity contribution in [1.29, 1.82) is 0 Å². The number of benzene rings is 1. The molecule has 0 bridgehead atoms. The van der Waals surface area contributed by atoms with Gasteiger partial charge in [0.15, 0.2) is 0 Å². The van der Waals surface area contributed by atoms with Crippen LogP contribution >= 0.6 is 0 Å². The highest BCUT2D eigenvalue weighted by molar-refractivity contribution is 5.94. The highest BCUT2D eigenvalue weighted by Crippen LogP contribution is 2.32. The van der Waals surface area contributed by atoms with Crippen molar-refractivity contribution in [3.8, 4) is 0 Å². The fraction of sp³-hybridized carbons (Fsp3) is 0.600. The molecule has 0 unspecified atom stereocenters. The fourth-order valence-electron chi connectivity index (χ4n) is 3.32. The third-order valence-corrected chi connectivity index (χ3v) is 4.82. The molecule has 0 atom stereocenters. The van der Waals surface area contributed by atoms with Crippen LogP contribution in [-0.4, -0.2) is 25.5 Å². The molecule has 1 saturated carbocycles. The third kappa shape index (κ3) is 5.99. The molecule has 1 fully saturated rings. The molecule has 132 valence electrons. The smallest absolute Gasteiger partial charge is 0.305 e. The summed E-state index contributed by atoms with van der Waals surface area (Å²) < 4.78 is 4.60. The molecule has 1 aliphatic rings. The van der Waals surface area contributed by atoms with Crippen molar-refractivity contribution in [3.05, 3.63) is 35.4 Å². The van der Waals surface area contributed by atoms with Crippen molar-refractivity contribution in [1.82, 2.24) is 5.32 Å². The Morgan fingerprint density at radius 2 is 1.75 bits per heavy atom. The molecule has 0 saturated heterocycles. The number of carbonyl (C=O) groups excluding carboxylic acids is 2. The summed E-state index contributed by atoms with van der Waals surface area (Å²) in [4.78, 5) is 23.1. The summed E-state index contributed by atoms with van der Waals surface area (Å²) in [6.45, 7) is 0.643. The zero-order chi connectivity index (χ0) is 17.2. The lowest BCUT2D eigenvalue weighted by molar-refractivity contribution is -0.140. The molecule has 4 heteroatoms. The summed E-state index contributed by atoms with van der Waals surface area (Å²) in [6, 6.07) is 8.11. The maximum atomic E-state index is 12.1. The Bertz CT molecular complexity index is 518. The second-order valence-corrected chi connectivity index (χ2v) is 6.60. The number of methoxy groups -OCH3 is 1. The van der Waals surface area contributed by atoms with Crippen molar-refractivity contribution < 1.29 is 14.3 Å². The van der Waals surface area contributed by atoms with Gasteiger partial charge in [-0.1, -0.05) is 37.8 Å². The molecule has 4 nitrogen and oxygen atoms in total. The first kappa shape index (κ1) is 18.5. The minimum Gasteiger partial charge on any atom is -0.469 e. The fourth-order valence-corrected chi connectivity index (χ4v) is 3.32. The number of carbonyl (C=O) groups is 2. The van der Waals surface area contributed by atoms with Crippen LogP contribution in [0.5, 0.6) is 0 Å². The van der Waals surface area contributed by atoms with E-state index in [0.29, 0.717) is 18.9 Å². The van der Waals surface area contributed by atoms with Crippen LogP contribution < -0.4 is 5.32 Å². The topological polar surface area (TPSA) is 55.4 Å².